The number of nitrogens with two attached hydrogens (primary N) is 1. The standard InChI is InChI=1S/C15H21F3N2/c1-11-5-2-3-7-13(11)20-14(10-19)8-4-6-12(9-14)15(16,17)18/h2-3,5,7,12,20H,4,6,8-10,19H2,1H3. The minimum absolute atomic E-state index is 0.0569. The van der Waals surface area contributed by atoms with E-state index in [4.69, 9.17) is 5.73 Å². The van der Waals surface area contributed by atoms with Crippen molar-refractivity contribution in [3.63, 3.8) is 0 Å². The van der Waals surface area contributed by atoms with Gasteiger partial charge in [-0.3, -0.25) is 0 Å². The van der Waals surface area contributed by atoms with Crippen molar-refractivity contribution in [1.29, 1.82) is 0 Å². The Balaban J connectivity index is 2.19. The Morgan fingerprint density at radius 1 is 1.35 bits per heavy atom. The lowest BCUT2D eigenvalue weighted by atomic mass is 9.75. The molecule has 2 unspecified atom stereocenters. The summed E-state index contributed by atoms with van der Waals surface area (Å²) in [5.41, 5.74) is 7.06. The number of anilines is 1. The minimum atomic E-state index is -4.13. The van der Waals surface area contributed by atoms with E-state index >= 15 is 0 Å². The summed E-state index contributed by atoms with van der Waals surface area (Å²) >= 11 is 0. The first-order valence-corrected chi connectivity index (χ1v) is 6.97. The zero-order chi connectivity index (χ0) is 14.8. The van der Waals surface area contributed by atoms with Gasteiger partial charge in [0.15, 0.2) is 0 Å². The third-order valence-electron chi connectivity index (χ3n) is 4.24. The molecule has 0 bridgehead atoms. The number of nitrogens with one attached hydrogen (secondary N) is 1. The van der Waals surface area contributed by atoms with Crippen molar-refractivity contribution in [3.8, 4) is 0 Å². The maximum atomic E-state index is 13.0. The molecule has 0 heterocycles. The molecule has 1 aromatic rings. The summed E-state index contributed by atoms with van der Waals surface area (Å²) in [4.78, 5) is 0. The Morgan fingerprint density at radius 2 is 2.05 bits per heavy atom. The molecule has 2 nitrogen and oxygen atoms in total. The van der Waals surface area contributed by atoms with Gasteiger partial charge >= 0.3 is 6.18 Å². The number of hydrogen-bond acceptors (Lipinski definition) is 2. The van der Waals surface area contributed by atoms with Crippen molar-refractivity contribution in [2.75, 3.05) is 11.9 Å². The molecule has 1 saturated carbocycles. The topological polar surface area (TPSA) is 38.0 Å². The summed E-state index contributed by atoms with van der Waals surface area (Å²) in [7, 11) is 0. The van der Waals surface area contributed by atoms with Gasteiger partial charge in [0.1, 0.15) is 0 Å². The van der Waals surface area contributed by atoms with Crippen LogP contribution in [0.3, 0.4) is 0 Å². The second-order valence-electron chi connectivity index (χ2n) is 5.76. The highest BCUT2D eigenvalue weighted by molar-refractivity contribution is 5.52. The summed E-state index contributed by atoms with van der Waals surface area (Å²) in [5, 5.41) is 3.29. The van der Waals surface area contributed by atoms with Gasteiger partial charge in [-0.1, -0.05) is 24.6 Å². The lowest BCUT2D eigenvalue weighted by molar-refractivity contribution is -0.185. The van der Waals surface area contributed by atoms with Crippen LogP contribution in [0.1, 0.15) is 31.2 Å². The molecule has 1 aromatic carbocycles. The number of halogens is 3. The van der Waals surface area contributed by atoms with Crippen molar-refractivity contribution >= 4 is 5.69 Å². The normalized spacial score (nSPS) is 27.4. The molecule has 1 fully saturated rings. The largest absolute Gasteiger partial charge is 0.391 e. The van der Waals surface area contributed by atoms with Crippen LogP contribution >= 0.6 is 0 Å². The highest BCUT2D eigenvalue weighted by Gasteiger charge is 2.47. The van der Waals surface area contributed by atoms with Crippen LogP contribution in [0.25, 0.3) is 0 Å². The molecule has 0 amide bonds. The summed E-state index contributed by atoms with van der Waals surface area (Å²) in [6, 6.07) is 7.62. The molecule has 1 aliphatic rings. The van der Waals surface area contributed by atoms with E-state index in [-0.39, 0.29) is 19.4 Å². The molecule has 3 N–H and O–H groups in total. The van der Waals surface area contributed by atoms with Crippen LogP contribution in [0.15, 0.2) is 24.3 Å². The Hall–Kier alpha value is -1.23. The summed E-state index contributed by atoms with van der Waals surface area (Å²) in [6.07, 6.45) is -2.62. The first kappa shape index (κ1) is 15.2. The summed E-state index contributed by atoms with van der Waals surface area (Å²) in [6.45, 7) is 2.16. The molecular weight excluding hydrogens is 265 g/mol. The average Bonchev–Trinajstić information content (AvgIpc) is 2.41. The number of aryl methyl sites for hydroxylation is 1. The molecule has 2 rings (SSSR count). The van der Waals surface area contributed by atoms with E-state index in [9.17, 15) is 13.2 Å². The predicted octanol–water partition coefficient (Wildman–Crippen LogP) is 3.86. The van der Waals surface area contributed by atoms with E-state index in [2.05, 4.69) is 5.32 Å². The Bertz CT molecular complexity index is 459. The van der Waals surface area contributed by atoms with Gasteiger partial charge < -0.3 is 11.1 Å². The summed E-state index contributed by atoms with van der Waals surface area (Å²) in [5.74, 6) is -1.25. The van der Waals surface area contributed by atoms with Gasteiger partial charge in [0.2, 0.25) is 0 Å². The van der Waals surface area contributed by atoms with Gasteiger partial charge in [-0.15, -0.1) is 0 Å². The van der Waals surface area contributed by atoms with Crippen molar-refractivity contribution < 1.29 is 13.2 Å². The van der Waals surface area contributed by atoms with Crippen LogP contribution < -0.4 is 11.1 Å². The fourth-order valence-corrected chi connectivity index (χ4v) is 2.99. The van der Waals surface area contributed by atoms with Crippen LogP contribution in [0.5, 0.6) is 0 Å². The third-order valence-corrected chi connectivity index (χ3v) is 4.24. The monoisotopic (exact) mass is 286 g/mol. The summed E-state index contributed by atoms with van der Waals surface area (Å²) < 4.78 is 38.9. The minimum Gasteiger partial charge on any atom is -0.378 e. The van der Waals surface area contributed by atoms with Crippen LogP contribution in [-0.4, -0.2) is 18.3 Å². The molecule has 0 spiro atoms. The van der Waals surface area contributed by atoms with Gasteiger partial charge in [0.05, 0.1) is 11.5 Å². The molecule has 0 saturated heterocycles. The highest BCUT2D eigenvalue weighted by atomic mass is 19.4. The van der Waals surface area contributed by atoms with E-state index in [1.165, 1.54) is 0 Å². The lowest BCUT2D eigenvalue weighted by Crippen LogP contribution is -2.51. The van der Waals surface area contributed by atoms with Crippen molar-refractivity contribution in [3.05, 3.63) is 29.8 Å². The second kappa shape index (κ2) is 5.64. The van der Waals surface area contributed by atoms with Crippen LogP contribution in [-0.2, 0) is 0 Å². The highest BCUT2D eigenvalue weighted by Crippen LogP contribution is 2.42. The second-order valence-corrected chi connectivity index (χ2v) is 5.76. The van der Waals surface area contributed by atoms with Gasteiger partial charge in [-0.25, -0.2) is 0 Å². The number of hydrogen-bond donors (Lipinski definition) is 2. The number of para-hydroxylation sites is 1. The van der Waals surface area contributed by atoms with Gasteiger partial charge in [-0.2, -0.15) is 13.2 Å². The van der Waals surface area contributed by atoms with Crippen molar-refractivity contribution in [1.82, 2.24) is 0 Å². The van der Waals surface area contributed by atoms with Crippen LogP contribution in [0.2, 0.25) is 0 Å². The molecule has 2 atom stereocenters. The molecule has 5 heteroatoms. The van der Waals surface area contributed by atoms with Crippen molar-refractivity contribution in [2.45, 2.75) is 44.3 Å². The van der Waals surface area contributed by atoms with E-state index in [1.807, 2.05) is 31.2 Å². The molecule has 0 aromatic heterocycles. The van der Waals surface area contributed by atoms with E-state index in [0.717, 1.165) is 11.3 Å². The maximum Gasteiger partial charge on any atom is 0.391 e. The fraction of sp³-hybridized carbons (Fsp3) is 0.600. The first-order chi connectivity index (χ1) is 9.36. The molecule has 0 aliphatic heterocycles. The van der Waals surface area contributed by atoms with Crippen LogP contribution in [0, 0.1) is 12.8 Å². The Morgan fingerprint density at radius 3 is 2.65 bits per heavy atom. The van der Waals surface area contributed by atoms with Crippen LogP contribution in [0.4, 0.5) is 18.9 Å². The number of alkyl halides is 3. The number of rotatable bonds is 3. The molecule has 112 valence electrons. The van der Waals surface area contributed by atoms with E-state index < -0.39 is 17.6 Å². The maximum absolute atomic E-state index is 13.0. The number of benzene rings is 1. The molecular formula is C15H21F3N2. The SMILES string of the molecule is Cc1ccccc1NC1(CN)CCCC(C(F)(F)F)C1. The van der Waals surface area contributed by atoms with Gasteiger partial charge in [0.25, 0.3) is 0 Å². The van der Waals surface area contributed by atoms with Crippen molar-refractivity contribution in [2.24, 2.45) is 11.7 Å². The quantitative estimate of drug-likeness (QED) is 0.885. The fourth-order valence-electron chi connectivity index (χ4n) is 2.99. The third kappa shape index (κ3) is 3.26. The molecule has 0 radical (unpaired) electrons. The van der Waals surface area contributed by atoms with Gasteiger partial charge in [-0.05, 0) is 37.8 Å². The lowest BCUT2D eigenvalue weighted by Gasteiger charge is -2.42. The Kier molecular flexibility index (Phi) is 4.28. The van der Waals surface area contributed by atoms with E-state index in [0.29, 0.717) is 12.8 Å². The Labute approximate surface area is 117 Å². The molecule has 20 heavy (non-hydrogen) atoms. The average molecular weight is 286 g/mol. The predicted molar refractivity (Wildman–Crippen MR) is 74.6 cm³/mol. The van der Waals surface area contributed by atoms with Gasteiger partial charge in [0, 0.05) is 12.2 Å². The first-order valence-electron chi connectivity index (χ1n) is 6.97. The zero-order valence-electron chi connectivity index (χ0n) is 11.6. The van der Waals surface area contributed by atoms with E-state index in [1.54, 1.807) is 0 Å². The zero-order valence-corrected chi connectivity index (χ0v) is 11.6. The molecule has 1 aliphatic carbocycles. The smallest absolute Gasteiger partial charge is 0.378 e.